The number of hydrogen-bond acceptors (Lipinski definition) is 1. The Hall–Kier alpha value is -0.770. The van der Waals surface area contributed by atoms with Gasteiger partial charge in [-0.1, -0.05) is 6.42 Å². The van der Waals surface area contributed by atoms with Crippen LogP contribution in [-0.4, -0.2) is 19.0 Å². The zero-order valence-electron chi connectivity index (χ0n) is 5.43. The zero-order chi connectivity index (χ0) is 7.11. The minimum absolute atomic E-state index is 0.139. The fourth-order valence-corrected chi connectivity index (χ4v) is 0.445. The molecule has 0 aromatic rings. The van der Waals surface area contributed by atoms with Gasteiger partial charge in [0, 0.05) is 6.54 Å². The van der Waals surface area contributed by atoms with Gasteiger partial charge in [-0.05, 0) is 6.42 Å². The first kappa shape index (κ1) is 8.23. The second-order valence-corrected chi connectivity index (χ2v) is 1.76. The van der Waals surface area contributed by atoms with E-state index in [9.17, 15) is 0 Å². The van der Waals surface area contributed by atoms with Crippen molar-refractivity contribution in [3.63, 3.8) is 0 Å². The van der Waals surface area contributed by atoms with Crippen molar-refractivity contribution in [3.8, 4) is 0 Å². The molecule has 0 saturated heterocycles. The van der Waals surface area contributed by atoms with E-state index in [0.717, 1.165) is 12.8 Å². The molecule has 0 unspecified atom stereocenters. The Morgan fingerprint density at radius 3 is 2.44 bits per heavy atom. The average molecular weight is 129 g/mol. The van der Waals surface area contributed by atoms with Crippen LogP contribution in [0, 0.1) is 0 Å². The van der Waals surface area contributed by atoms with Gasteiger partial charge in [0.25, 0.3) is 0 Å². The normalized spacial score (nSPS) is 9.00. The molecule has 0 bridgehead atoms. The Balaban J connectivity index is 3.00. The lowest BCUT2D eigenvalue weighted by Gasteiger charge is -1.97. The molecule has 0 radical (unpaired) electrons. The summed E-state index contributed by atoms with van der Waals surface area (Å²) in [5.74, 6) is 0.139. The molecule has 4 heteroatoms. The van der Waals surface area contributed by atoms with Gasteiger partial charge < -0.3 is 17.2 Å². The van der Waals surface area contributed by atoms with Gasteiger partial charge in [-0.2, -0.15) is 6.54 Å². The summed E-state index contributed by atoms with van der Waals surface area (Å²) in [5, 5.41) is 0. The van der Waals surface area contributed by atoms with Crippen LogP contribution in [0.4, 0.5) is 0 Å². The number of guanidine groups is 1. The fourth-order valence-electron chi connectivity index (χ4n) is 0.445. The summed E-state index contributed by atoms with van der Waals surface area (Å²) < 4.78 is 0. The number of hydrogen-bond donors (Lipinski definition) is 2. The van der Waals surface area contributed by atoms with Crippen molar-refractivity contribution >= 4 is 5.96 Å². The highest BCUT2D eigenvalue weighted by atomic mass is 15.0. The summed E-state index contributed by atoms with van der Waals surface area (Å²) in [6, 6.07) is 0. The van der Waals surface area contributed by atoms with E-state index in [-0.39, 0.29) is 5.96 Å². The number of unbranched alkanes of at least 4 members (excludes halogenated alkanes) is 1. The van der Waals surface area contributed by atoms with Gasteiger partial charge in [0.2, 0.25) is 0 Å². The molecule has 0 aliphatic rings. The topological polar surface area (TPSA) is 88.2 Å². The molecule has 0 aromatic carbocycles. The summed E-state index contributed by atoms with van der Waals surface area (Å²) >= 11 is 0. The lowest BCUT2D eigenvalue weighted by atomic mass is 10.3. The number of aliphatic imine (C=N–C) groups is 1. The maximum Gasteiger partial charge on any atom is 0.185 e. The molecule has 0 fully saturated rings. The van der Waals surface area contributed by atoms with Crippen LogP contribution >= 0.6 is 0 Å². The summed E-state index contributed by atoms with van der Waals surface area (Å²) in [4.78, 5) is 3.75. The second-order valence-electron chi connectivity index (χ2n) is 1.76. The monoisotopic (exact) mass is 129 g/mol. The summed E-state index contributed by atoms with van der Waals surface area (Å²) in [7, 11) is 0. The van der Waals surface area contributed by atoms with Crippen LogP contribution in [0.3, 0.4) is 0 Å². The van der Waals surface area contributed by atoms with Gasteiger partial charge in [0.15, 0.2) is 5.96 Å². The lowest BCUT2D eigenvalue weighted by molar-refractivity contribution is 0.792. The van der Waals surface area contributed by atoms with Crippen molar-refractivity contribution in [2.45, 2.75) is 12.8 Å². The summed E-state index contributed by atoms with van der Waals surface area (Å²) in [5.41, 5.74) is 16.9. The first-order chi connectivity index (χ1) is 4.27. The van der Waals surface area contributed by atoms with E-state index in [1.807, 2.05) is 0 Å². The second kappa shape index (κ2) is 5.37. The molecular formula is C5H13N4-. The number of nitrogens with two attached hydrogens (primary N) is 2. The predicted molar refractivity (Wildman–Crippen MR) is 39.1 cm³/mol. The predicted octanol–water partition coefficient (Wildman–Crippen LogP) is 0.0922. The molecule has 0 heterocycles. The molecule has 9 heavy (non-hydrogen) atoms. The maximum absolute atomic E-state index is 6.78. The number of nitrogens with one attached hydrogen (secondary N) is 1. The van der Waals surface area contributed by atoms with Crippen molar-refractivity contribution in [2.75, 3.05) is 13.1 Å². The number of rotatable bonds is 4. The molecule has 0 amide bonds. The molecule has 54 valence electrons. The van der Waals surface area contributed by atoms with Crippen molar-refractivity contribution in [1.29, 1.82) is 0 Å². The zero-order valence-corrected chi connectivity index (χ0v) is 5.43. The average Bonchev–Trinajstić information content (AvgIpc) is 1.80. The van der Waals surface area contributed by atoms with E-state index in [1.165, 1.54) is 0 Å². The van der Waals surface area contributed by atoms with Gasteiger partial charge in [-0.25, -0.2) is 0 Å². The van der Waals surface area contributed by atoms with E-state index < -0.39 is 0 Å². The highest BCUT2D eigenvalue weighted by Crippen LogP contribution is 1.87. The third-order valence-corrected chi connectivity index (χ3v) is 0.879. The Bertz CT molecular complexity index is 85.0. The molecule has 0 rings (SSSR count). The van der Waals surface area contributed by atoms with E-state index in [2.05, 4.69) is 4.99 Å². The van der Waals surface area contributed by atoms with Gasteiger partial charge in [0.05, 0.1) is 0 Å². The standard InChI is InChI=1S/C5H13N4/c6-3-1-2-4-9-5(7)8/h6H,1-4H2,(H4,7,8,9)/q-1. The molecule has 0 aliphatic carbocycles. The smallest absolute Gasteiger partial charge is 0.185 e. The third kappa shape index (κ3) is 7.23. The quantitative estimate of drug-likeness (QED) is 0.320. The molecule has 0 aromatic heterocycles. The van der Waals surface area contributed by atoms with Crippen LogP contribution in [0.1, 0.15) is 12.8 Å². The lowest BCUT2D eigenvalue weighted by Crippen LogP contribution is -2.22. The summed E-state index contributed by atoms with van der Waals surface area (Å²) in [6.45, 7) is 1.11. The third-order valence-electron chi connectivity index (χ3n) is 0.879. The van der Waals surface area contributed by atoms with Crippen molar-refractivity contribution in [2.24, 2.45) is 16.5 Å². The van der Waals surface area contributed by atoms with Crippen LogP contribution in [0.25, 0.3) is 5.73 Å². The Labute approximate surface area is 55.1 Å². The van der Waals surface area contributed by atoms with Crippen LogP contribution in [0.5, 0.6) is 0 Å². The van der Waals surface area contributed by atoms with Gasteiger partial charge in [-0.15, -0.1) is 0 Å². The maximum atomic E-state index is 6.78. The molecular weight excluding hydrogens is 116 g/mol. The Kier molecular flexibility index (Phi) is 4.91. The van der Waals surface area contributed by atoms with Crippen molar-refractivity contribution < 1.29 is 0 Å². The van der Waals surface area contributed by atoms with E-state index in [1.54, 1.807) is 0 Å². The summed E-state index contributed by atoms with van der Waals surface area (Å²) in [6.07, 6.45) is 1.78. The molecule has 0 atom stereocenters. The minimum atomic E-state index is 0.139. The van der Waals surface area contributed by atoms with E-state index in [4.69, 9.17) is 17.2 Å². The highest BCUT2D eigenvalue weighted by Gasteiger charge is 1.80. The number of nitrogens with zero attached hydrogens (tertiary/aromatic N) is 1. The largest absolute Gasteiger partial charge is 0.677 e. The van der Waals surface area contributed by atoms with Gasteiger partial charge in [-0.3, -0.25) is 4.99 Å². The first-order valence-electron chi connectivity index (χ1n) is 2.97. The Morgan fingerprint density at radius 2 is 2.00 bits per heavy atom. The molecule has 5 N–H and O–H groups in total. The van der Waals surface area contributed by atoms with Crippen molar-refractivity contribution in [3.05, 3.63) is 5.73 Å². The van der Waals surface area contributed by atoms with Crippen LogP contribution < -0.4 is 11.5 Å². The van der Waals surface area contributed by atoms with Gasteiger partial charge in [0.1, 0.15) is 0 Å². The SMILES string of the molecule is [NH-]CCCCN=C(N)N. The molecule has 0 spiro atoms. The molecule has 0 aliphatic heterocycles. The van der Waals surface area contributed by atoms with Crippen LogP contribution in [0.2, 0.25) is 0 Å². The van der Waals surface area contributed by atoms with Crippen LogP contribution in [-0.2, 0) is 0 Å². The first-order valence-corrected chi connectivity index (χ1v) is 2.97. The van der Waals surface area contributed by atoms with Gasteiger partial charge >= 0.3 is 0 Å². The minimum Gasteiger partial charge on any atom is -0.677 e. The van der Waals surface area contributed by atoms with E-state index >= 15 is 0 Å². The fraction of sp³-hybridized carbons (Fsp3) is 0.800. The molecule has 4 nitrogen and oxygen atoms in total. The van der Waals surface area contributed by atoms with Crippen LogP contribution in [0.15, 0.2) is 4.99 Å². The highest BCUT2D eigenvalue weighted by molar-refractivity contribution is 5.75. The van der Waals surface area contributed by atoms with Crippen molar-refractivity contribution in [1.82, 2.24) is 0 Å². The molecule has 0 saturated carbocycles. The van der Waals surface area contributed by atoms with E-state index in [0.29, 0.717) is 13.1 Å². The Morgan fingerprint density at radius 1 is 1.33 bits per heavy atom.